The van der Waals surface area contributed by atoms with Gasteiger partial charge in [-0.05, 0) is 61.9 Å². The molecule has 0 saturated heterocycles. The van der Waals surface area contributed by atoms with E-state index in [1.54, 1.807) is 19.9 Å². The van der Waals surface area contributed by atoms with Crippen LogP contribution in [0.5, 0.6) is 5.88 Å². The van der Waals surface area contributed by atoms with Crippen LogP contribution in [0.4, 0.5) is 22.0 Å². The number of halogens is 5. The Kier molecular flexibility index (Phi) is 7.10. The summed E-state index contributed by atoms with van der Waals surface area (Å²) in [6, 6.07) is 2.11. The topological polar surface area (TPSA) is 101 Å². The number of aromatic nitrogens is 1. The van der Waals surface area contributed by atoms with E-state index in [0.717, 1.165) is 23.9 Å². The number of benzene rings is 1. The molecule has 1 aromatic carbocycles. The van der Waals surface area contributed by atoms with Crippen LogP contribution < -0.4 is 4.74 Å². The highest BCUT2D eigenvalue weighted by atomic mass is 19.4. The van der Waals surface area contributed by atoms with Gasteiger partial charge in [0.2, 0.25) is 11.8 Å². The minimum Gasteiger partial charge on any atom is -0.481 e. The van der Waals surface area contributed by atoms with Crippen LogP contribution in [0.2, 0.25) is 0 Å². The Morgan fingerprint density at radius 3 is 2.52 bits per heavy atom. The molecule has 3 aliphatic rings. The molecular weight excluding hydrogens is 539 g/mol. The number of dihydropyridines is 1. The third-order valence-corrected chi connectivity index (χ3v) is 7.62. The lowest BCUT2D eigenvalue weighted by Crippen LogP contribution is -2.22. The zero-order valence-electron chi connectivity index (χ0n) is 21.6. The molecular formula is C28H27F5N2O5. The molecule has 2 aromatic rings. The molecule has 5 rings (SSSR count). The van der Waals surface area contributed by atoms with Crippen LogP contribution in [0.15, 0.2) is 41.0 Å². The summed E-state index contributed by atoms with van der Waals surface area (Å²) in [6.07, 6.45) is -1.46. The van der Waals surface area contributed by atoms with Crippen molar-refractivity contribution in [2.45, 2.75) is 45.1 Å². The van der Waals surface area contributed by atoms with E-state index in [-0.39, 0.29) is 53.7 Å². The second-order valence-electron chi connectivity index (χ2n) is 11.0. The number of nitrogens with zero attached hydrogens (tertiary/aromatic N) is 2. The quantitative estimate of drug-likeness (QED) is 0.415. The maximum atomic E-state index is 14.8. The van der Waals surface area contributed by atoms with Gasteiger partial charge in [0.05, 0.1) is 23.7 Å². The Labute approximate surface area is 226 Å². The van der Waals surface area contributed by atoms with E-state index in [1.165, 1.54) is 0 Å². The van der Waals surface area contributed by atoms with Gasteiger partial charge in [0.25, 0.3) is 0 Å². The van der Waals surface area contributed by atoms with Crippen LogP contribution in [-0.4, -0.2) is 45.8 Å². The van der Waals surface area contributed by atoms with Gasteiger partial charge in [0, 0.05) is 36.2 Å². The van der Waals surface area contributed by atoms with Gasteiger partial charge < -0.3 is 19.7 Å². The first-order valence-corrected chi connectivity index (χ1v) is 12.7. The Morgan fingerprint density at radius 1 is 1.12 bits per heavy atom. The highest BCUT2D eigenvalue weighted by molar-refractivity contribution is 5.90. The van der Waals surface area contributed by atoms with E-state index in [4.69, 9.17) is 9.47 Å². The molecule has 7 nitrogen and oxygen atoms in total. The molecule has 1 aromatic heterocycles. The zero-order valence-corrected chi connectivity index (χ0v) is 21.6. The molecule has 0 amide bonds. The molecule has 2 N–H and O–H groups in total. The molecule has 2 heterocycles. The molecule has 0 bridgehead atoms. The summed E-state index contributed by atoms with van der Waals surface area (Å²) in [5.74, 6) is -3.41. The van der Waals surface area contributed by atoms with Gasteiger partial charge >= 0.3 is 12.1 Å². The van der Waals surface area contributed by atoms with E-state index in [9.17, 15) is 37.0 Å². The number of ether oxygens (including phenoxy) is 2. The number of carboxylic acid groups (broad SMARTS) is 1. The Morgan fingerprint density at radius 2 is 1.88 bits per heavy atom. The normalized spacial score (nSPS) is 23.6. The molecule has 12 heteroatoms. The minimum atomic E-state index is -4.93. The van der Waals surface area contributed by atoms with E-state index in [1.807, 2.05) is 0 Å². The molecule has 2 fully saturated rings. The maximum absolute atomic E-state index is 14.8. The summed E-state index contributed by atoms with van der Waals surface area (Å²) < 4.78 is 81.7. The van der Waals surface area contributed by atoms with Crippen molar-refractivity contribution in [3.8, 4) is 17.0 Å². The molecule has 1 aliphatic heterocycles. The number of aliphatic hydroxyl groups is 1. The SMILES string of the molecule is CC(C)(O)CCOc1ncc(-c2cc(COC3=NCC4C(=C3)C[C@H]3[C@H](C(=O)O)[C@@H]43)c(F)cc2C(F)(F)F)cc1F. The largest absolute Gasteiger partial charge is 0.481 e. The van der Waals surface area contributed by atoms with Crippen LogP contribution >= 0.6 is 0 Å². The van der Waals surface area contributed by atoms with Crippen molar-refractivity contribution in [3.63, 3.8) is 0 Å². The number of hydrogen-bond donors (Lipinski definition) is 2. The van der Waals surface area contributed by atoms with Gasteiger partial charge in [-0.1, -0.05) is 5.57 Å². The van der Waals surface area contributed by atoms with Gasteiger partial charge in [-0.2, -0.15) is 13.2 Å². The lowest BCUT2D eigenvalue weighted by Gasteiger charge is -2.21. The predicted octanol–water partition coefficient (Wildman–Crippen LogP) is 5.41. The Hall–Kier alpha value is -3.54. The number of pyridine rings is 1. The van der Waals surface area contributed by atoms with Gasteiger partial charge in [0.1, 0.15) is 12.4 Å². The zero-order chi connectivity index (χ0) is 29.0. The van der Waals surface area contributed by atoms with E-state index in [2.05, 4.69) is 9.98 Å². The average molecular weight is 567 g/mol. The summed E-state index contributed by atoms with van der Waals surface area (Å²) in [4.78, 5) is 19.4. The van der Waals surface area contributed by atoms with Crippen molar-refractivity contribution in [1.82, 2.24) is 4.98 Å². The standard InChI is InChI=1S/C28H27F5N2O5/c1-27(2,38)3-4-39-25-21(30)7-14(10-35-25)16-6-15(20(29)9-19(16)28(31,32)33)12-40-22-8-13-5-17-23(18(13)11-34-22)24(17)26(36)37/h6-10,17-18,23-24,38H,3-5,11-12H2,1-2H3,(H,36,37)/t17-,18?,23-,24+/m1/s1. The third-order valence-electron chi connectivity index (χ3n) is 7.62. The molecule has 1 unspecified atom stereocenters. The first kappa shape index (κ1) is 28.0. The Bertz CT molecular complexity index is 1400. The summed E-state index contributed by atoms with van der Waals surface area (Å²) in [7, 11) is 0. The van der Waals surface area contributed by atoms with E-state index >= 15 is 0 Å². The van der Waals surface area contributed by atoms with Crippen molar-refractivity contribution in [1.29, 1.82) is 0 Å². The monoisotopic (exact) mass is 566 g/mol. The molecule has 0 spiro atoms. The lowest BCUT2D eigenvalue weighted by molar-refractivity contribution is -0.139. The fourth-order valence-corrected chi connectivity index (χ4v) is 5.55. The van der Waals surface area contributed by atoms with Crippen molar-refractivity contribution >= 4 is 11.9 Å². The molecule has 4 atom stereocenters. The van der Waals surface area contributed by atoms with Gasteiger partial charge in [-0.25, -0.2) is 13.8 Å². The average Bonchev–Trinajstić information content (AvgIpc) is 3.45. The second kappa shape index (κ2) is 10.1. The number of carbonyl (C=O) groups is 1. The van der Waals surface area contributed by atoms with Crippen LogP contribution in [0.25, 0.3) is 11.1 Å². The number of carboxylic acids is 1. The van der Waals surface area contributed by atoms with Crippen LogP contribution in [-0.2, 0) is 22.3 Å². The number of hydrogen-bond acceptors (Lipinski definition) is 6. The lowest BCUT2D eigenvalue weighted by atomic mass is 9.92. The molecule has 40 heavy (non-hydrogen) atoms. The first-order chi connectivity index (χ1) is 18.7. The molecule has 0 radical (unpaired) electrons. The van der Waals surface area contributed by atoms with Crippen LogP contribution in [0.1, 0.15) is 37.8 Å². The highest BCUT2D eigenvalue weighted by Gasteiger charge is 2.63. The summed E-state index contributed by atoms with van der Waals surface area (Å²) in [5, 5.41) is 19.0. The van der Waals surface area contributed by atoms with E-state index < -0.39 is 53.0 Å². The van der Waals surface area contributed by atoms with Crippen LogP contribution in [0, 0.1) is 35.3 Å². The molecule has 2 saturated carbocycles. The van der Waals surface area contributed by atoms with Gasteiger partial charge in [-0.15, -0.1) is 0 Å². The van der Waals surface area contributed by atoms with Crippen molar-refractivity contribution in [2.75, 3.05) is 13.2 Å². The third kappa shape index (κ3) is 5.67. The summed E-state index contributed by atoms with van der Waals surface area (Å²) in [5.41, 5.74) is -2.27. The number of aliphatic carboxylic acids is 1. The minimum absolute atomic E-state index is 0.0253. The summed E-state index contributed by atoms with van der Waals surface area (Å²) >= 11 is 0. The fraction of sp³-hybridized carbons (Fsp3) is 0.464. The number of fused-ring (bicyclic) bond motifs is 3. The first-order valence-electron chi connectivity index (χ1n) is 12.7. The predicted molar refractivity (Wildman–Crippen MR) is 132 cm³/mol. The summed E-state index contributed by atoms with van der Waals surface area (Å²) in [6.45, 7) is 2.92. The highest BCUT2D eigenvalue weighted by Crippen LogP contribution is 2.63. The van der Waals surface area contributed by atoms with Crippen molar-refractivity contribution in [3.05, 3.63) is 58.8 Å². The van der Waals surface area contributed by atoms with Gasteiger partial charge in [-0.3, -0.25) is 9.79 Å². The number of aliphatic imine (C=N–C) groups is 1. The van der Waals surface area contributed by atoms with E-state index in [0.29, 0.717) is 19.0 Å². The smallest absolute Gasteiger partial charge is 0.417 e. The molecule has 214 valence electrons. The second-order valence-corrected chi connectivity index (χ2v) is 11.0. The Balaban J connectivity index is 1.33. The van der Waals surface area contributed by atoms with Crippen molar-refractivity contribution < 1.29 is 46.4 Å². The van der Waals surface area contributed by atoms with Gasteiger partial charge in [0.15, 0.2) is 5.82 Å². The fourth-order valence-electron chi connectivity index (χ4n) is 5.55. The van der Waals surface area contributed by atoms with Crippen LogP contribution in [0.3, 0.4) is 0 Å². The van der Waals surface area contributed by atoms with Crippen molar-refractivity contribution in [2.24, 2.45) is 28.7 Å². The maximum Gasteiger partial charge on any atom is 0.417 e. The number of rotatable bonds is 8. The number of alkyl halides is 3. The molecule has 2 aliphatic carbocycles.